The molecule has 0 unspecified atom stereocenters. The Morgan fingerprint density at radius 3 is 3.04 bits per heavy atom. The van der Waals surface area contributed by atoms with E-state index in [1.165, 1.54) is 6.07 Å². The van der Waals surface area contributed by atoms with Gasteiger partial charge >= 0.3 is 5.97 Å². The maximum atomic E-state index is 13.8. The number of hydrogen-bond acceptors (Lipinski definition) is 5. The molecule has 0 amide bonds. The largest absolute Gasteiger partial charge is 0.453 e. The number of ether oxygens (including phenoxy) is 1. The molecule has 7 heteroatoms. The van der Waals surface area contributed by atoms with Crippen LogP contribution in [0.5, 0.6) is 0 Å². The van der Waals surface area contributed by atoms with Gasteiger partial charge in [0.2, 0.25) is 0 Å². The van der Waals surface area contributed by atoms with Gasteiger partial charge in [0, 0.05) is 16.0 Å². The van der Waals surface area contributed by atoms with E-state index in [2.05, 4.69) is 4.98 Å². The molecule has 0 saturated heterocycles. The number of carbonyl (C=O) groups excluding carboxylic acids is 1. The fraction of sp³-hybridized carbons (Fsp3) is 0.250. The number of nitrogens with zero attached hydrogens (tertiary/aromatic N) is 1. The predicted octanol–water partition coefficient (Wildman–Crippen LogP) is 4.92. The molecule has 0 spiro atoms. The summed E-state index contributed by atoms with van der Waals surface area (Å²) < 4.78 is 25.1. The van der Waals surface area contributed by atoms with Gasteiger partial charge in [0.25, 0.3) is 0 Å². The Hall–Kier alpha value is -1.92. The Balaban J connectivity index is 1.52. The summed E-state index contributed by atoms with van der Waals surface area (Å²) in [7, 11) is 0. The smallest absolute Gasteiger partial charge is 0.350 e. The van der Waals surface area contributed by atoms with Crippen LogP contribution in [0.3, 0.4) is 0 Å². The molecule has 3 aromatic rings. The second-order valence-corrected chi connectivity index (χ2v) is 6.80. The van der Waals surface area contributed by atoms with Crippen LogP contribution in [0.2, 0.25) is 5.02 Å². The Kier molecular flexibility index (Phi) is 3.58. The highest BCUT2D eigenvalue weighted by Crippen LogP contribution is 2.40. The van der Waals surface area contributed by atoms with E-state index in [0.717, 1.165) is 24.2 Å². The average Bonchev–Trinajstić information content (AvgIpc) is 3.18. The topological polar surface area (TPSA) is 52.3 Å². The molecule has 4 nitrogen and oxygen atoms in total. The number of halogens is 2. The van der Waals surface area contributed by atoms with Crippen LogP contribution in [0.4, 0.5) is 4.39 Å². The standard InChI is InChI=1S/C16H11ClFNO3S/c17-13-12-10(18)2-1-3-11(12)23-14(13)16(20)21-7-9-6-19-15(22-9)8-4-5-8/h1-3,6,8H,4-5,7H2. The molecule has 2 aromatic heterocycles. The van der Waals surface area contributed by atoms with E-state index in [4.69, 9.17) is 20.8 Å². The number of hydrogen-bond donors (Lipinski definition) is 0. The first kappa shape index (κ1) is 14.7. The van der Waals surface area contributed by atoms with Crippen LogP contribution in [0.25, 0.3) is 10.1 Å². The molecule has 1 fully saturated rings. The SMILES string of the molecule is O=C(OCc1cnc(C2CC2)o1)c1sc2cccc(F)c2c1Cl. The van der Waals surface area contributed by atoms with Crippen LogP contribution >= 0.6 is 22.9 Å². The van der Waals surface area contributed by atoms with Crippen molar-refractivity contribution in [1.29, 1.82) is 0 Å². The Bertz CT molecular complexity index is 900. The Labute approximate surface area is 139 Å². The van der Waals surface area contributed by atoms with Crippen molar-refractivity contribution in [2.45, 2.75) is 25.4 Å². The summed E-state index contributed by atoms with van der Waals surface area (Å²) in [6, 6.07) is 4.60. The van der Waals surface area contributed by atoms with Crippen molar-refractivity contribution in [3.05, 3.63) is 51.8 Å². The summed E-state index contributed by atoms with van der Waals surface area (Å²) in [5.41, 5.74) is 0. The van der Waals surface area contributed by atoms with Crippen molar-refractivity contribution < 1.29 is 18.3 Å². The summed E-state index contributed by atoms with van der Waals surface area (Å²) in [6.07, 6.45) is 3.73. The van der Waals surface area contributed by atoms with E-state index < -0.39 is 11.8 Å². The molecule has 2 heterocycles. The summed E-state index contributed by atoms with van der Waals surface area (Å²) in [6.45, 7) is -0.0222. The third kappa shape index (κ3) is 2.72. The molecule has 118 valence electrons. The molecule has 23 heavy (non-hydrogen) atoms. The minimum atomic E-state index is -0.597. The van der Waals surface area contributed by atoms with E-state index in [9.17, 15) is 9.18 Å². The lowest BCUT2D eigenvalue weighted by Gasteiger charge is -2.00. The van der Waals surface area contributed by atoms with Crippen molar-refractivity contribution in [3.63, 3.8) is 0 Å². The van der Waals surface area contributed by atoms with Crippen LogP contribution in [-0.2, 0) is 11.3 Å². The Morgan fingerprint density at radius 2 is 2.30 bits per heavy atom. The van der Waals surface area contributed by atoms with Gasteiger partial charge in [0.05, 0.1) is 11.2 Å². The molecule has 1 aliphatic rings. The van der Waals surface area contributed by atoms with Crippen LogP contribution < -0.4 is 0 Å². The molecule has 0 radical (unpaired) electrons. The maximum absolute atomic E-state index is 13.8. The lowest BCUT2D eigenvalue weighted by Crippen LogP contribution is -2.03. The summed E-state index contributed by atoms with van der Waals surface area (Å²) in [5, 5.41) is 0.339. The van der Waals surface area contributed by atoms with E-state index >= 15 is 0 Å². The van der Waals surface area contributed by atoms with Gasteiger partial charge in [-0.05, 0) is 25.0 Å². The summed E-state index contributed by atoms with van der Waals surface area (Å²) in [4.78, 5) is 16.5. The van der Waals surface area contributed by atoms with Gasteiger partial charge in [0.15, 0.2) is 18.3 Å². The highest BCUT2D eigenvalue weighted by Gasteiger charge is 2.28. The molecule has 1 aromatic carbocycles. The number of carbonyl (C=O) groups is 1. The van der Waals surface area contributed by atoms with Gasteiger partial charge < -0.3 is 9.15 Å². The van der Waals surface area contributed by atoms with E-state index in [1.54, 1.807) is 18.3 Å². The molecular weight excluding hydrogens is 341 g/mol. The minimum Gasteiger partial charge on any atom is -0.453 e. The van der Waals surface area contributed by atoms with Gasteiger partial charge in [-0.2, -0.15) is 0 Å². The lowest BCUT2D eigenvalue weighted by atomic mass is 10.2. The minimum absolute atomic E-state index is 0.0222. The monoisotopic (exact) mass is 351 g/mol. The van der Waals surface area contributed by atoms with Crippen LogP contribution in [-0.4, -0.2) is 11.0 Å². The van der Waals surface area contributed by atoms with Crippen LogP contribution in [0.15, 0.2) is 28.8 Å². The van der Waals surface area contributed by atoms with Gasteiger partial charge in [-0.3, -0.25) is 0 Å². The van der Waals surface area contributed by atoms with Crippen LogP contribution in [0.1, 0.15) is 40.1 Å². The Morgan fingerprint density at radius 1 is 1.48 bits per heavy atom. The highest BCUT2D eigenvalue weighted by molar-refractivity contribution is 7.21. The molecule has 0 N–H and O–H groups in total. The number of rotatable bonds is 4. The number of benzene rings is 1. The number of oxazole rings is 1. The second-order valence-electron chi connectivity index (χ2n) is 5.37. The van der Waals surface area contributed by atoms with Crippen molar-refractivity contribution in [2.75, 3.05) is 0 Å². The van der Waals surface area contributed by atoms with Crippen molar-refractivity contribution in [2.24, 2.45) is 0 Å². The molecule has 0 atom stereocenters. The van der Waals surface area contributed by atoms with Crippen molar-refractivity contribution in [1.82, 2.24) is 4.98 Å². The zero-order valence-electron chi connectivity index (χ0n) is 11.8. The molecular formula is C16H11ClFNO3S. The van der Waals surface area contributed by atoms with Gasteiger partial charge in [-0.25, -0.2) is 14.2 Å². The number of fused-ring (bicyclic) bond motifs is 1. The third-order valence-corrected chi connectivity index (χ3v) is 5.26. The molecule has 0 bridgehead atoms. The first-order chi connectivity index (χ1) is 11.1. The lowest BCUT2D eigenvalue weighted by molar-refractivity contribution is 0.0450. The molecule has 1 aliphatic carbocycles. The van der Waals surface area contributed by atoms with E-state index in [1.807, 2.05) is 0 Å². The van der Waals surface area contributed by atoms with Gasteiger partial charge in [-0.15, -0.1) is 11.3 Å². The first-order valence-electron chi connectivity index (χ1n) is 7.11. The van der Waals surface area contributed by atoms with Crippen LogP contribution in [0, 0.1) is 5.82 Å². The molecule has 0 aliphatic heterocycles. The molecule has 1 saturated carbocycles. The highest BCUT2D eigenvalue weighted by atomic mass is 35.5. The summed E-state index contributed by atoms with van der Waals surface area (Å²) >= 11 is 7.24. The van der Waals surface area contributed by atoms with E-state index in [0.29, 0.717) is 22.3 Å². The van der Waals surface area contributed by atoms with E-state index in [-0.39, 0.29) is 21.9 Å². The predicted molar refractivity (Wildman–Crippen MR) is 84.4 cm³/mol. The maximum Gasteiger partial charge on any atom is 0.350 e. The molecule has 4 rings (SSSR count). The number of aromatic nitrogens is 1. The second kappa shape index (κ2) is 5.62. The quantitative estimate of drug-likeness (QED) is 0.626. The zero-order chi connectivity index (χ0) is 16.0. The third-order valence-electron chi connectivity index (χ3n) is 3.64. The summed E-state index contributed by atoms with van der Waals surface area (Å²) in [5.74, 6) is 0.535. The fourth-order valence-electron chi connectivity index (χ4n) is 2.31. The average molecular weight is 352 g/mol. The normalized spacial score (nSPS) is 14.3. The first-order valence-corrected chi connectivity index (χ1v) is 8.31. The van der Waals surface area contributed by atoms with Gasteiger partial charge in [0.1, 0.15) is 10.7 Å². The zero-order valence-corrected chi connectivity index (χ0v) is 13.4. The van der Waals surface area contributed by atoms with Crippen molar-refractivity contribution >= 4 is 39.0 Å². The fourth-order valence-corrected chi connectivity index (χ4v) is 3.76. The van der Waals surface area contributed by atoms with Crippen molar-refractivity contribution in [3.8, 4) is 0 Å². The van der Waals surface area contributed by atoms with Gasteiger partial charge in [-0.1, -0.05) is 17.7 Å². The number of thiophene rings is 1. The number of esters is 1.